The molecule has 0 unspecified atom stereocenters. The van der Waals surface area contributed by atoms with E-state index in [2.05, 4.69) is 65.1 Å². The van der Waals surface area contributed by atoms with Gasteiger partial charge in [0.25, 0.3) is 0 Å². The van der Waals surface area contributed by atoms with E-state index in [1.165, 1.54) is 30.4 Å². The summed E-state index contributed by atoms with van der Waals surface area (Å²) in [6, 6.07) is 16.8. The summed E-state index contributed by atoms with van der Waals surface area (Å²) in [4.78, 5) is 11.3. The molecule has 6 nitrogen and oxygen atoms in total. The first-order chi connectivity index (χ1) is 17.4. The smallest absolute Gasteiger partial charge is 0.225 e. The standard InChI is InChI=1S/C29H32ClN3O3/c1-28(2,21-8-12-24(13-9-21)36-23-4-3-5-23)20-6-10-22(11-7-20)35-15-26-25(30)14-31-27(32-26)33-16-29(17-33)18-34-19-29/h6-14,23H,3-5,15-19H2,1-2H3. The third-order valence-corrected chi connectivity index (χ3v) is 8.15. The monoisotopic (exact) mass is 505 g/mol. The van der Waals surface area contributed by atoms with E-state index < -0.39 is 0 Å². The summed E-state index contributed by atoms with van der Waals surface area (Å²) < 4.78 is 17.4. The Kier molecular flexibility index (Phi) is 6.05. The zero-order valence-electron chi connectivity index (χ0n) is 20.9. The predicted molar refractivity (Wildman–Crippen MR) is 140 cm³/mol. The number of halogens is 1. The molecule has 36 heavy (non-hydrogen) atoms. The molecule has 1 saturated carbocycles. The van der Waals surface area contributed by atoms with Crippen LogP contribution in [0.25, 0.3) is 0 Å². The number of benzene rings is 2. The maximum Gasteiger partial charge on any atom is 0.225 e. The molecule has 188 valence electrons. The second-order valence-corrected chi connectivity index (χ2v) is 11.4. The molecule has 2 saturated heterocycles. The van der Waals surface area contributed by atoms with Gasteiger partial charge >= 0.3 is 0 Å². The first-order valence-corrected chi connectivity index (χ1v) is 13.1. The molecule has 1 aliphatic carbocycles. The van der Waals surface area contributed by atoms with E-state index in [0.29, 0.717) is 34.8 Å². The molecule has 1 spiro atoms. The number of hydrogen-bond donors (Lipinski definition) is 0. The van der Waals surface area contributed by atoms with E-state index in [-0.39, 0.29) is 5.41 Å². The van der Waals surface area contributed by atoms with Gasteiger partial charge in [0.05, 0.1) is 36.0 Å². The number of rotatable bonds is 8. The van der Waals surface area contributed by atoms with Crippen LogP contribution in [-0.4, -0.2) is 42.4 Å². The van der Waals surface area contributed by atoms with Gasteiger partial charge in [0.15, 0.2) is 0 Å². The lowest BCUT2D eigenvalue weighted by Crippen LogP contribution is -2.66. The van der Waals surface area contributed by atoms with Gasteiger partial charge in [-0.1, -0.05) is 49.7 Å². The predicted octanol–water partition coefficient (Wildman–Crippen LogP) is 5.80. The molecule has 3 heterocycles. The van der Waals surface area contributed by atoms with Crippen LogP contribution in [0.2, 0.25) is 5.02 Å². The van der Waals surface area contributed by atoms with E-state index in [1.54, 1.807) is 6.20 Å². The minimum absolute atomic E-state index is 0.140. The highest BCUT2D eigenvalue weighted by Gasteiger charge is 2.49. The molecule has 7 heteroatoms. The van der Waals surface area contributed by atoms with Crippen LogP contribution in [0.1, 0.15) is 49.9 Å². The Morgan fingerprint density at radius 2 is 1.64 bits per heavy atom. The van der Waals surface area contributed by atoms with Crippen molar-refractivity contribution in [1.82, 2.24) is 9.97 Å². The lowest BCUT2D eigenvalue weighted by atomic mass is 9.78. The molecule has 0 amide bonds. The Morgan fingerprint density at radius 3 is 2.19 bits per heavy atom. The Bertz CT molecular complexity index is 1210. The maximum atomic E-state index is 6.37. The minimum Gasteiger partial charge on any atom is -0.490 e. The van der Waals surface area contributed by atoms with Gasteiger partial charge in [-0.3, -0.25) is 0 Å². The SMILES string of the molecule is CC(C)(c1ccc(OCc2nc(N3CC4(COC4)C3)ncc2Cl)cc1)c1ccc(OC2CCC2)cc1. The highest BCUT2D eigenvalue weighted by molar-refractivity contribution is 6.31. The molecule has 1 aromatic heterocycles. The van der Waals surface area contributed by atoms with Crippen LogP contribution in [0.15, 0.2) is 54.7 Å². The Morgan fingerprint density at radius 1 is 1.00 bits per heavy atom. The number of hydrogen-bond acceptors (Lipinski definition) is 6. The quantitative estimate of drug-likeness (QED) is 0.385. The first kappa shape index (κ1) is 23.6. The summed E-state index contributed by atoms with van der Waals surface area (Å²) in [6.07, 6.45) is 5.67. The van der Waals surface area contributed by atoms with Crippen LogP contribution in [-0.2, 0) is 16.8 Å². The van der Waals surface area contributed by atoms with Crippen molar-refractivity contribution >= 4 is 17.5 Å². The molecule has 2 aliphatic heterocycles. The number of nitrogens with zero attached hydrogens (tertiary/aromatic N) is 3. The van der Waals surface area contributed by atoms with E-state index in [4.69, 9.17) is 25.8 Å². The molecule has 0 N–H and O–H groups in total. The van der Waals surface area contributed by atoms with Gasteiger partial charge in [-0.05, 0) is 54.7 Å². The summed E-state index contributed by atoms with van der Waals surface area (Å²) in [6.45, 7) is 8.30. The van der Waals surface area contributed by atoms with Gasteiger partial charge in [-0.15, -0.1) is 0 Å². The molecule has 0 radical (unpaired) electrons. The Hall–Kier alpha value is -2.83. The normalized spacial score (nSPS) is 18.8. The van der Waals surface area contributed by atoms with Crippen LogP contribution < -0.4 is 14.4 Å². The maximum absolute atomic E-state index is 6.37. The highest BCUT2D eigenvalue weighted by atomic mass is 35.5. The fourth-order valence-electron chi connectivity index (χ4n) is 5.04. The van der Waals surface area contributed by atoms with Gasteiger partial charge in [-0.25, -0.2) is 9.97 Å². The molecule has 3 fully saturated rings. The molecule has 0 atom stereocenters. The first-order valence-electron chi connectivity index (χ1n) is 12.7. The number of anilines is 1. The minimum atomic E-state index is -0.140. The van der Waals surface area contributed by atoms with Crippen molar-refractivity contribution in [3.63, 3.8) is 0 Å². The molecule has 6 rings (SSSR count). The van der Waals surface area contributed by atoms with E-state index in [9.17, 15) is 0 Å². The molecule has 0 bridgehead atoms. The largest absolute Gasteiger partial charge is 0.490 e. The van der Waals surface area contributed by atoms with Crippen LogP contribution in [0, 0.1) is 5.41 Å². The van der Waals surface area contributed by atoms with Gasteiger partial charge < -0.3 is 19.1 Å². The van der Waals surface area contributed by atoms with E-state index in [0.717, 1.165) is 37.8 Å². The Labute approximate surface area is 217 Å². The zero-order chi connectivity index (χ0) is 24.8. The molecule has 2 aromatic carbocycles. The van der Waals surface area contributed by atoms with Crippen molar-refractivity contribution in [2.24, 2.45) is 5.41 Å². The zero-order valence-corrected chi connectivity index (χ0v) is 21.6. The second kappa shape index (κ2) is 9.24. The highest BCUT2D eigenvalue weighted by Crippen LogP contribution is 2.39. The van der Waals surface area contributed by atoms with Gasteiger partial charge in [0, 0.05) is 18.5 Å². The lowest BCUT2D eigenvalue weighted by Gasteiger charge is -2.54. The molecule has 3 aliphatic rings. The van der Waals surface area contributed by atoms with Gasteiger partial charge in [-0.2, -0.15) is 0 Å². The number of aromatic nitrogens is 2. The topological polar surface area (TPSA) is 56.7 Å². The van der Waals surface area contributed by atoms with Gasteiger partial charge in [0.2, 0.25) is 5.95 Å². The fourth-order valence-corrected chi connectivity index (χ4v) is 5.19. The second-order valence-electron chi connectivity index (χ2n) is 10.9. The summed E-state index contributed by atoms with van der Waals surface area (Å²) in [7, 11) is 0. The van der Waals surface area contributed by atoms with Crippen LogP contribution >= 0.6 is 11.6 Å². The summed E-state index contributed by atoms with van der Waals surface area (Å²) in [5, 5.41) is 0.517. The third-order valence-electron chi connectivity index (χ3n) is 7.84. The van der Waals surface area contributed by atoms with Crippen molar-refractivity contribution < 1.29 is 14.2 Å². The van der Waals surface area contributed by atoms with Crippen molar-refractivity contribution in [1.29, 1.82) is 0 Å². The Balaban J connectivity index is 1.08. The summed E-state index contributed by atoms with van der Waals surface area (Å²) in [5.74, 6) is 2.45. The lowest BCUT2D eigenvalue weighted by molar-refractivity contribution is -0.127. The number of ether oxygens (including phenoxy) is 3. The van der Waals surface area contributed by atoms with E-state index in [1.807, 2.05) is 12.1 Å². The average Bonchev–Trinajstić information content (AvgIpc) is 2.80. The molecule has 3 aromatic rings. The third kappa shape index (κ3) is 4.53. The van der Waals surface area contributed by atoms with Crippen molar-refractivity contribution in [2.75, 3.05) is 31.2 Å². The van der Waals surface area contributed by atoms with Crippen LogP contribution in [0.5, 0.6) is 11.5 Å². The molecular formula is C29H32ClN3O3. The summed E-state index contributed by atoms with van der Waals surface area (Å²) in [5.41, 5.74) is 3.33. The van der Waals surface area contributed by atoms with Crippen molar-refractivity contribution in [2.45, 2.75) is 51.2 Å². The fraction of sp³-hybridized carbons (Fsp3) is 0.448. The summed E-state index contributed by atoms with van der Waals surface area (Å²) >= 11 is 6.37. The average molecular weight is 506 g/mol. The van der Waals surface area contributed by atoms with Crippen LogP contribution in [0.4, 0.5) is 5.95 Å². The van der Waals surface area contributed by atoms with Crippen molar-refractivity contribution in [3.05, 3.63) is 76.6 Å². The van der Waals surface area contributed by atoms with E-state index >= 15 is 0 Å². The molecular weight excluding hydrogens is 474 g/mol. The van der Waals surface area contributed by atoms with Crippen LogP contribution in [0.3, 0.4) is 0 Å². The van der Waals surface area contributed by atoms with Gasteiger partial charge in [0.1, 0.15) is 23.8 Å². The van der Waals surface area contributed by atoms with Crippen molar-refractivity contribution in [3.8, 4) is 11.5 Å².